The van der Waals surface area contributed by atoms with E-state index in [4.69, 9.17) is 0 Å². The number of fused-ring (bicyclic) bond motifs is 2. The van der Waals surface area contributed by atoms with Crippen LogP contribution in [0.3, 0.4) is 0 Å². The molecular weight excluding hydrogens is 290 g/mol. The van der Waals surface area contributed by atoms with Crippen LogP contribution in [0.25, 0.3) is 21.9 Å². The Kier molecular flexibility index (Phi) is 3.20. The summed E-state index contributed by atoms with van der Waals surface area (Å²) in [7, 11) is 0. The van der Waals surface area contributed by atoms with E-state index in [1.807, 2.05) is 36.4 Å². The van der Waals surface area contributed by atoms with Gasteiger partial charge in [-0.15, -0.1) is 0 Å². The number of benzene rings is 1. The molecule has 0 bridgehead atoms. The molecule has 6 nitrogen and oxygen atoms in total. The number of nitrogens with zero attached hydrogens (tertiary/aromatic N) is 3. The second-order valence-corrected chi connectivity index (χ2v) is 5.14. The Morgan fingerprint density at radius 3 is 2.96 bits per heavy atom. The Labute approximate surface area is 131 Å². The zero-order chi connectivity index (χ0) is 15.6. The van der Waals surface area contributed by atoms with E-state index in [-0.39, 0.29) is 5.91 Å². The molecule has 23 heavy (non-hydrogen) atoms. The van der Waals surface area contributed by atoms with Gasteiger partial charge in [0.1, 0.15) is 17.7 Å². The molecule has 1 amide bonds. The summed E-state index contributed by atoms with van der Waals surface area (Å²) in [4.78, 5) is 28.0. The quantitative estimate of drug-likeness (QED) is 0.609. The smallest absolute Gasteiger partial charge is 0.271 e. The fourth-order valence-corrected chi connectivity index (χ4v) is 2.51. The number of aromatic nitrogens is 4. The van der Waals surface area contributed by atoms with Gasteiger partial charge in [-0.3, -0.25) is 9.78 Å². The van der Waals surface area contributed by atoms with Gasteiger partial charge >= 0.3 is 0 Å². The highest BCUT2D eigenvalue weighted by Gasteiger charge is 2.12. The van der Waals surface area contributed by atoms with Gasteiger partial charge in [0, 0.05) is 11.6 Å². The van der Waals surface area contributed by atoms with Crippen LogP contribution in [0.2, 0.25) is 0 Å². The Morgan fingerprint density at radius 2 is 2.00 bits per heavy atom. The highest BCUT2D eigenvalue weighted by Crippen LogP contribution is 2.14. The van der Waals surface area contributed by atoms with Crippen molar-refractivity contribution in [3.05, 3.63) is 66.4 Å². The topological polar surface area (TPSA) is 83.6 Å². The van der Waals surface area contributed by atoms with E-state index >= 15 is 0 Å². The number of rotatable bonds is 3. The minimum atomic E-state index is -0.244. The molecule has 3 heterocycles. The zero-order valence-corrected chi connectivity index (χ0v) is 12.2. The van der Waals surface area contributed by atoms with Crippen LogP contribution in [0, 0.1) is 0 Å². The van der Waals surface area contributed by atoms with Crippen LogP contribution >= 0.6 is 0 Å². The number of amides is 1. The molecule has 1 aromatic carbocycles. The molecule has 3 aromatic heterocycles. The molecule has 0 unspecified atom stereocenters. The van der Waals surface area contributed by atoms with E-state index in [0.29, 0.717) is 23.3 Å². The Balaban J connectivity index is 1.55. The molecule has 0 saturated heterocycles. The van der Waals surface area contributed by atoms with Crippen molar-refractivity contribution in [3.63, 3.8) is 0 Å². The highest BCUT2D eigenvalue weighted by atomic mass is 16.1. The van der Waals surface area contributed by atoms with E-state index in [1.54, 1.807) is 12.3 Å². The maximum Gasteiger partial charge on any atom is 0.271 e. The summed E-state index contributed by atoms with van der Waals surface area (Å²) < 4.78 is 0. The van der Waals surface area contributed by atoms with Crippen LogP contribution in [0.1, 0.15) is 16.2 Å². The molecule has 0 fully saturated rings. The number of hydrogen-bond acceptors (Lipinski definition) is 4. The molecule has 112 valence electrons. The first kappa shape index (κ1) is 13.4. The van der Waals surface area contributed by atoms with E-state index in [2.05, 4.69) is 25.3 Å². The average Bonchev–Trinajstić information content (AvgIpc) is 3.08. The van der Waals surface area contributed by atoms with E-state index < -0.39 is 0 Å². The van der Waals surface area contributed by atoms with Crippen LogP contribution in [-0.2, 0) is 6.54 Å². The fraction of sp³-hybridized carbons (Fsp3) is 0.0588. The van der Waals surface area contributed by atoms with Crippen molar-refractivity contribution in [3.8, 4) is 0 Å². The van der Waals surface area contributed by atoms with Gasteiger partial charge in [-0.25, -0.2) is 9.97 Å². The number of H-pyrrole nitrogens is 1. The maximum absolute atomic E-state index is 12.4. The standard InChI is InChI=1S/C17H13N5O/c23-17(15-13-7-8-18-16(13)21-10-20-15)19-9-12-6-5-11-3-1-2-4-14(11)22-12/h1-8,10H,9H2,(H,19,23)(H,18,20,21). The maximum atomic E-state index is 12.4. The molecule has 4 aromatic rings. The molecular formula is C17H13N5O. The summed E-state index contributed by atoms with van der Waals surface area (Å²) in [5.74, 6) is -0.244. The van der Waals surface area contributed by atoms with Gasteiger partial charge in [-0.2, -0.15) is 0 Å². The summed E-state index contributed by atoms with van der Waals surface area (Å²) in [5.41, 5.74) is 2.72. The second kappa shape index (κ2) is 5.49. The summed E-state index contributed by atoms with van der Waals surface area (Å²) >= 11 is 0. The molecule has 0 aliphatic carbocycles. The number of nitrogens with one attached hydrogen (secondary N) is 2. The largest absolute Gasteiger partial charge is 0.346 e. The third kappa shape index (κ3) is 2.50. The van der Waals surface area contributed by atoms with E-state index in [9.17, 15) is 4.79 Å². The first-order chi connectivity index (χ1) is 11.3. The molecule has 0 aliphatic rings. The molecule has 4 rings (SSSR count). The molecule has 0 saturated carbocycles. The highest BCUT2D eigenvalue weighted by molar-refractivity contribution is 6.03. The van der Waals surface area contributed by atoms with Crippen LogP contribution in [0.4, 0.5) is 0 Å². The number of hydrogen-bond donors (Lipinski definition) is 2. The lowest BCUT2D eigenvalue weighted by Gasteiger charge is -2.06. The fourth-order valence-electron chi connectivity index (χ4n) is 2.51. The van der Waals surface area contributed by atoms with Crippen LogP contribution in [0.5, 0.6) is 0 Å². The lowest BCUT2D eigenvalue weighted by atomic mass is 10.2. The predicted molar refractivity (Wildman–Crippen MR) is 86.8 cm³/mol. The summed E-state index contributed by atoms with van der Waals surface area (Å²) in [6.07, 6.45) is 3.11. The van der Waals surface area contributed by atoms with E-state index in [1.165, 1.54) is 6.33 Å². The van der Waals surface area contributed by atoms with Crippen LogP contribution in [0.15, 0.2) is 55.0 Å². The lowest BCUT2D eigenvalue weighted by Crippen LogP contribution is -2.24. The minimum absolute atomic E-state index is 0.244. The number of carbonyl (C=O) groups excluding carboxylic acids is 1. The van der Waals surface area contributed by atoms with Crippen molar-refractivity contribution in [2.75, 3.05) is 0 Å². The monoisotopic (exact) mass is 303 g/mol. The molecule has 6 heteroatoms. The zero-order valence-electron chi connectivity index (χ0n) is 12.2. The third-order valence-electron chi connectivity index (χ3n) is 3.66. The number of para-hydroxylation sites is 1. The van der Waals surface area contributed by atoms with Gasteiger partial charge in [0.25, 0.3) is 5.91 Å². The van der Waals surface area contributed by atoms with Crippen LogP contribution in [-0.4, -0.2) is 25.8 Å². The molecule has 0 aliphatic heterocycles. The minimum Gasteiger partial charge on any atom is -0.346 e. The van der Waals surface area contributed by atoms with Crippen molar-refractivity contribution in [2.45, 2.75) is 6.54 Å². The normalized spacial score (nSPS) is 11.0. The van der Waals surface area contributed by atoms with Crippen molar-refractivity contribution >= 4 is 27.8 Å². The Morgan fingerprint density at radius 1 is 1.09 bits per heavy atom. The van der Waals surface area contributed by atoms with Gasteiger partial charge in [0.05, 0.1) is 23.1 Å². The number of aromatic amines is 1. The Bertz CT molecular complexity index is 1010. The average molecular weight is 303 g/mol. The summed E-state index contributed by atoms with van der Waals surface area (Å²) in [5, 5.41) is 4.64. The number of pyridine rings is 1. The summed E-state index contributed by atoms with van der Waals surface area (Å²) in [6, 6.07) is 13.6. The van der Waals surface area contributed by atoms with Gasteiger partial charge in [0.2, 0.25) is 0 Å². The lowest BCUT2D eigenvalue weighted by molar-refractivity contribution is 0.0947. The first-order valence-corrected chi connectivity index (χ1v) is 7.22. The van der Waals surface area contributed by atoms with Gasteiger partial charge in [-0.1, -0.05) is 24.3 Å². The first-order valence-electron chi connectivity index (χ1n) is 7.22. The second-order valence-electron chi connectivity index (χ2n) is 5.14. The summed E-state index contributed by atoms with van der Waals surface area (Å²) in [6.45, 7) is 0.347. The number of carbonyl (C=O) groups is 1. The third-order valence-corrected chi connectivity index (χ3v) is 3.66. The molecule has 0 atom stereocenters. The van der Waals surface area contributed by atoms with E-state index in [0.717, 1.165) is 16.6 Å². The SMILES string of the molecule is O=C(NCc1ccc2ccccc2n1)c1ncnc2[nH]ccc12. The molecule has 0 radical (unpaired) electrons. The molecule has 0 spiro atoms. The van der Waals surface area contributed by atoms with Crippen LogP contribution < -0.4 is 5.32 Å². The van der Waals surface area contributed by atoms with Crippen molar-refractivity contribution in [2.24, 2.45) is 0 Å². The Hall–Kier alpha value is -3.28. The van der Waals surface area contributed by atoms with Gasteiger partial charge < -0.3 is 10.3 Å². The van der Waals surface area contributed by atoms with Gasteiger partial charge in [0.15, 0.2) is 0 Å². The van der Waals surface area contributed by atoms with Gasteiger partial charge in [-0.05, 0) is 18.2 Å². The van der Waals surface area contributed by atoms with Crippen molar-refractivity contribution in [1.29, 1.82) is 0 Å². The molecule has 2 N–H and O–H groups in total. The van der Waals surface area contributed by atoms with Crippen molar-refractivity contribution < 1.29 is 4.79 Å². The van der Waals surface area contributed by atoms with Crippen molar-refractivity contribution in [1.82, 2.24) is 25.3 Å². The predicted octanol–water partition coefficient (Wildman–Crippen LogP) is 2.44.